The number of benzene rings is 3. The van der Waals surface area contributed by atoms with Crippen LogP contribution in [0.3, 0.4) is 0 Å². The van der Waals surface area contributed by atoms with Crippen molar-refractivity contribution in [3.8, 4) is 0 Å². The van der Waals surface area contributed by atoms with Gasteiger partial charge in [0.05, 0.1) is 17.1 Å². The van der Waals surface area contributed by atoms with Gasteiger partial charge in [0.25, 0.3) is 0 Å². The molecule has 3 aromatic rings. The quantitative estimate of drug-likeness (QED) is 0.320. The first-order chi connectivity index (χ1) is 18.4. The SMILES string of the molecule is C=C1/C=C\C(N2c3ccccc3Sc3ccccc32)=C/CC2=CC(C)CC3=C2N1c1ccccc1C3(C)C. The van der Waals surface area contributed by atoms with Gasteiger partial charge in [-0.05, 0) is 78.0 Å². The number of hydrogen-bond donors (Lipinski definition) is 0. The van der Waals surface area contributed by atoms with E-state index < -0.39 is 0 Å². The predicted molar refractivity (Wildman–Crippen MR) is 161 cm³/mol. The van der Waals surface area contributed by atoms with Crippen LogP contribution < -0.4 is 9.80 Å². The van der Waals surface area contributed by atoms with Crippen LogP contribution in [0.4, 0.5) is 17.1 Å². The monoisotopic (exact) mass is 512 g/mol. The van der Waals surface area contributed by atoms with Crippen molar-refractivity contribution in [3.63, 3.8) is 0 Å². The fraction of sp³-hybridized carbons (Fsp3) is 0.200. The van der Waals surface area contributed by atoms with Crippen LogP contribution in [0.2, 0.25) is 0 Å². The molecule has 4 aliphatic rings. The normalized spacial score (nSPS) is 23.4. The van der Waals surface area contributed by atoms with Gasteiger partial charge in [-0.2, -0.15) is 0 Å². The Morgan fingerprint density at radius 1 is 0.816 bits per heavy atom. The minimum atomic E-state index is -0.0250. The first kappa shape index (κ1) is 23.4. The van der Waals surface area contributed by atoms with E-state index >= 15 is 0 Å². The van der Waals surface area contributed by atoms with Crippen LogP contribution >= 0.6 is 11.8 Å². The number of nitrogens with zero attached hydrogens (tertiary/aromatic N) is 2. The average molecular weight is 513 g/mol. The van der Waals surface area contributed by atoms with Crippen LogP contribution in [0, 0.1) is 5.92 Å². The molecular formula is C35H32N2S. The van der Waals surface area contributed by atoms with Crippen LogP contribution in [0.5, 0.6) is 0 Å². The molecule has 38 heavy (non-hydrogen) atoms. The summed E-state index contributed by atoms with van der Waals surface area (Å²) in [5.74, 6) is 0.502. The van der Waals surface area contributed by atoms with Gasteiger partial charge in [0, 0.05) is 32.3 Å². The summed E-state index contributed by atoms with van der Waals surface area (Å²) in [6, 6.07) is 26.4. The Kier molecular flexibility index (Phi) is 5.35. The highest BCUT2D eigenvalue weighted by Gasteiger charge is 2.41. The summed E-state index contributed by atoms with van der Waals surface area (Å²) in [5, 5.41) is 0. The summed E-state index contributed by atoms with van der Waals surface area (Å²) in [5.41, 5.74) is 11.5. The van der Waals surface area contributed by atoms with Gasteiger partial charge in [-0.15, -0.1) is 0 Å². The molecule has 0 N–H and O–H groups in total. The molecule has 0 saturated heterocycles. The van der Waals surface area contributed by atoms with E-state index in [1.54, 1.807) is 0 Å². The average Bonchev–Trinajstić information content (AvgIpc) is 2.99. The lowest BCUT2D eigenvalue weighted by molar-refractivity contribution is 0.525. The molecule has 3 aromatic carbocycles. The lowest BCUT2D eigenvalue weighted by atomic mass is 9.67. The summed E-state index contributed by atoms with van der Waals surface area (Å²) >= 11 is 1.85. The van der Waals surface area contributed by atoms with Crippen LogP contribution in [-0.4, -0.2) is 0 Å². The van der Waals surface area contributed by atoms with Crippen molar-refractivity contribution >= 4 is 28.8 Å². The Balaban J connectivity index is 1.43. The molecule has 188 valence electrons. The second kappa shape index (κ2) is 8.68. The third kappa shape index (κ3) is 3.49. The molecule has 1 unspecified atom stereocenters. The maximum absolute atomic E-state index is 4.63. The van der Waals surface area contributed by atoms with Gasteiger partial charge >= 0.3 is 0 Å². The molecule has 0 spiro atoms. The number of rotatable bonds is 1. The van der Waals surface area contributed by atoms with Gasteiger partial charge in [-0.3, -0.25) is 0 Å². The Morgan fingerprint density at radius 2 is 1.45 bits per heavy atom. The Hall–Kier alpha value is -3.69. The zero-order valence-corrected chi connectivity index (χ0v) is 23.1. The van der Waals surface area contributed by atoms with Crippen molar-refractivity contribution in [2.45, 2.75) is 48.8 Å². The summed E-state index contributed by atoms with van der Waals surface area (Å²) in [6.07, 6.45) is 11.3. The highest BCUT2D eigenvalue weighted by Crippen LogP contribution is 2.54. The number of anilines is 3. The van der Waals surface area contributed by atoms with E-state index in [9.17, 15) is 0 Å². The van der Waals surface area contributed by atoms with Crippen molar-refractivity contribution in [1.82, 2.24) is 0 Å². The third-order valence-corrected chi connectivity index (χ3v) is 9.48. The van der Waals surface area contributed by atoms with Crippen molar-refractivity contribution in [2.24, 2.45) is 5.92 Å². The first-order valence-corrected chi connectivity index (χ1v) is 14.3. The number of hydrogen-bond acceptors (Lipinski definition) is 3. The molecule has 3 aliphatic heterocycles. The van der Waals surface area contributed by atoms with Crippen LogP contribution in [0.15, 0.2) is 142 Å². The molecule has 1 atom stereocenters. The van der Waals surface area contributed by atoms with Crippen molar-refractivity contribution < 1.29 is 0 Å². The van der Waals surface area contributed by atoms with E-state index in [4.69, 9.17) is 0 Å². The summed E-state index contributed by atoms with van der Waals surface area (Å²) in [4.78, 5) is 7.41. The van der Waals surface area contributed by atoms with Gasteiger partial charge in [0.15, 0.2) is 0 Å². The number of para-hydroxylation sites is 3. The zero-order valence-electron chi connectivity index (χ0n) is 22.2. The number of allylic oxidation sites excluding steroid dienone is 6. The van der Waals surface area contributed by atoms with Crippen LogP contribution in [0.1, 0.15) is 39.2 Å². The molecular weight excluding hydrogens is 480 g/mol. The standard InChI is InChI=1S/C35H32N2S/c1-23-21-25-18-20-26(37-30-13-7-9-15-32(30)38-33-16-10-8-14-31(33)37)19-17-24(2)36-29-12-6-5-11-27(29)35(3,4)28(22-23)34(25)36/h5-17,19-21,23H,2,18,22H2,1,3-4H3/b19-17-,26-20+. The van der Waals surface area contributed by atoms with E-state index in [0.717, 1.165) is 18.5 Å². The van der Waals surface area contributed by atoms with Crippen molar-refractivity contribution in [3.05, 3.63) is 137 Å². The van der Waals surface area contributed by atoms with E-state index in [0.29, 0.717) is 5.92 Å². The highest BCUT2D eigenvalue weighted by atomic mass is 32.2. The minimum Gasteiger partial charge on any atom is -0.311 e. The third-order valence-electron chi connectivity index (χ3n) is 8.35. The lowest BCUT2D eigenvalue weighted by Crippen LogP contribution is -2.38. The molecule has 2 nitrogen and oxygen atoms in total. The molecule has 0 saturated carbocycles. The summed E-state index contributed by atoms with van der Waals surface area (Å²) < 4.78 is 0. The van der Waals surface area contributed by atoms with Gasteiger partial charge < -0.3 is 9.80 Å². The maximum atomic E-state index is 4.63. The molecule has 0 radical (unpaired) electrons. The Bertz CT molecular complexity index is 1570. The molecule has 0 aromatic heterocycles. The second-order valence-electron chi connectivity index (χ2n) is 11.2. The topological polar surface area (TPSA) is 6.48 Å². The van der Waals surface area contributed by atoms with E-state index in [1.807, 2.05) is 11.8 Å². The van der Waals surface area contributed by atoms with Crippen LogP contribution in [0.25, 0.3) is 0 Å². The van der Waals surface area contributed by atoms with E-state index in [1.165, 1.54) is 55.0 Å². The smallest absolute Gasteiger partial charge is 0.0601 e. The Morgan fingerprint density at radius 3 is 2.16 bits per heavy atom. The van der Waals surface area contributed by atoms with Crippen LogP contribution in [-0.2, 0) is 5.41 Å². The number of fused-ring (bicyclic) bond motifs is 4. The molecule has 3 heteroatoms. The van der Waals surface area contributed by atoms with Gasteiger partial charge in [-0.1, -0.05) is 93.7 Å². The predicted octanol–water partition coefficient (Wildman–Crippen LogP) is 9.66. The highest BCUT2D eigenvalue weighted by molar-refractivity contribution is 7.99. The minimum absolute atomic E-state index is 0.0250. The zero-order chi connectivity index (χ0) is 26.0. The second-order valence-corrected chi connectivity index (χ2v) is 12.3. The van der Waals surface area contributed by atoms with Gasteiger partial charge in [0.2, 0.25) is 0 Å². The van der Waals surface area contributed by atoms with Gasteiger partial charge in [0.1, 0.15) is 0 Å². The largest absolute Gasteiger partial charge is 0.311 e. The maximum Gasteiger partial charge on any atom is 0.0601 e. The summed E-state index contributed by atoms with van der Waals surface area (Å²) in [6.45, 7) is 11.8. The molecule has 7 rings (SSSR count). The van der Waals surface area contributed by atoms with E-state index in [-0.39, 0.29) is 5.41 Å². The molecule has 1 aliphatic carbocycles. The first-order valence-electron chi connectivity index (χ1n) is 13.5. The van der Waals surface area contributed by atoms with Gasteiger partial charge in [-0.25, -0.2) is 0 Å². The molecule has 0 bridgehead atoms. The van der Waals surface area contributed by atoms with E-state index in [2.05, 4.69) is 134 Å². The van der Waals surface area contributed by atoms with Crippen molar-refractivity contribution in [2.75, 3.05) is 9.80 Å². The fourth-order valence-corrected chi connectivity index (χ4v) is 7.61. The molecule has 0 amide bonds. The van der Waals surface area contributed by atoms with Crippen molar-refractivity contribution in [1.29, 1.82) is 0 Å². The Labute approximate surface area is 230 Å². The fourth-order valence-electron chi connectivity index (χ4n) is 6.55. The summed E-state index contributed by atoms with van der Waals surface area (Å²) in [7, 11) is 0. The molecule has 3 heterocycles. The lowest BCUT2D eigenvalue weighted by Gasteiger charge is -2.47. The molecule has 0 fully saturated rings.